The van der Waals surface area contributed by atoms with E-state index < -0.39 is 0 Å². The second-order valence-corrected chi connectivity index (χ2v) is 5.36. The zero-order valence-electron chi connectivity index (χ0n) is 10.3. The molecule has 0 fully saturated rings. The molecule has 3 aromatic rings. The molecule has 3 rings (SSSR count). The van der Waals surface area contributed by atoms with Crippen LogP contribution in [0.3, 0.4) is 0 Å². The molecule has 2 heterocycles. The van der Waals surface area contributed by atoms with Crippen molar-refractivity contribution in [1.82, 2.24) is 19.7 Å². The maximum atomic E-state index is 4.53. The molecule has 0 aliphatic heterocycles. The standard InChI is InChI=1S/C13H14N4S/c1-3-18-13-15-11-5-4-9(6-12(11)16-13)10-7-14-17(2)8-10/h4-8H,3H2,1-2H3,(H,15,16). The van der Waals surface area contributed by atoms with Crippen LogP contribution in [0.1, 0.15) is 6.92 Å². The van der Waals surface area contributed by atoms with Crippen molar-refractivity contribution in [2.45, 2.75) is 12.1 Å². The van der Waals surface area contributed by atoms with Crippen molar-refractivity contribution in [2.24, 2.45) is 7.05 Å². The van der Waals surface area contributed by atoms with Crippen LogP contribution >= 0.6 is 11.8 Å². The van der Waals surface area contributed by atoms with Crippen molar-refractivity contribution < 1.29 is 0 Å². The van der Waals surface area contributed by atoms with Gasteiger partial charge in [-0.3, -0.25) is 4.68 Å². The van der Waals surface area contributed by atoms with E-state index >= 15 is 0 Å². The average Bonchev–Trinajstić information content (AvgIpc) is 2.94. The highest BCUT2D eigenvalue weighted by Crippen LogP contribution is 2.25. The zero-order chi connectivity index (χ0) is 12.5. The van der Waals surface area contributed by atoms with Gasteiger partial charge in [-0.1, -0.05) is 24.8 Å². The van der Waals surface area contributed by atoms with Crippen LogP contribution in [0.15, 0.2) is 35.7 Å². The van der Waals surface area contributed by atoms with Crippen molar-refractivity contribution >= 4 is 22.8 Å². The maximum absolute atomic E-state index is 4.53. The van der Waals surface area contributed by atoms with Gasteiger partial charge < -0.3 is 4.98 Å². The smallest absolute Gasteiger partial charge is 0.166 e. The van der Waals surface area contributed by atoms with Crippen molar-refractivity contribution in [3.05, 3.63) is 30.6 Å². The van der Waals surface area contributed by atoms with Crippen LogP contribution in [0, 0.1) is 0 Å². The molecule has 0 unspecified atom stereocenters. The number of rotatable bonds is 3. The molecule has 0 spiro atoms. The van der Waals surface area contributed by atoms with Gasteiger partial charge >= 0.3 is 0 Å². The minimum atomic E-state index is 0.982. The van der Waals surface area contributed by atoms with E-state index in [9.17, 15) is 0 Å². The van der Waals surface area contributed by atoms with Crippen LogP contribution in [0.5, 0.6) is 0 Å². The predicted octanol–water partition coefficient (Wildman–Crippen LogP) is 3.08. The number of imidazole rings is 1. The fourth-order valence-corrected chi connectivity index (χ4v) is 2.56. The number of aryl methyl sites for hydroxylation is 1. The number of hydrogen-bond donors (Lipinski definition) is 1. The van der Waals surface area contributed by atoms with Crippen molar-refractivity contribution in [3.63, 3.8) is 0 Å². The molecule has 0 amide bonds. The maximum Gasteiger partial charge on any atom is 0.166 e. The Morgan fingerprint density at radius 3 is 2.94 bits per heavy atom. The summed E-state index contributed by atoms with van der Waals surface area (Å²) in [7, 11) is 1.92. The lowest BCUT2D eigenvalue weighted by Gasteiger charge is -1.96. The molecule has 5 heteroatoms. The first-order valence-electron chi connectivity index (χ1n) is 5.88. The number of hydrogen-bond acceptors (Lipinski definition) is 3. The molecule has 1 aromatic carbocycles. The minimum absolute atomic E-state index is 0.982. The fraction of sp³-hybridized carbons (Fsp3) is 0.231. The molecule has 0 saturated carbocycles. The number of fused-ring (bicyclic) bond motifs is 1. The molecule has 92 valence electrons. The van der Waals surface area contributed by atoms with Crippen LogP contribution in [0.25, 0.3) is 22.2 Å². The van der Waals surface area contributed by atoms with Gasteiger partial charge in [0.2, 0.25) is 0 Å². The fourth-order valence-electron chi connectivity index (χ4n) is 1.94. The Bertz CT molecular complexity index is 683. The number of thioether (sulfide) groups is 1. The van der Waals surface area contributed by atoms with Gasteiger partial charge in [-0.15, -0.1) is 0 Å². The van der Waals surface area contributed by atoms with Crippen LogP contribution in [-0.2, 0) is 7.05 Å². The first-order valence-corrected chi connectivity index (χ1v) is 6.86. The predicted molar refractivity (Wildman–Crippen MR) is 74.7 cm³/mol. The lowest BCUT2D eigenvalue weighted by molar-refractivity contribution is 0.768. The third kappa shape index (κ3) is 2.01. The molecule has 0 aliphatic rings. The summed E-state index contributed by atoms with van der Waals surface area (Å²) < 4.78 is 1.81. The summed E-state index contributed by atoms with van der Waals surface area (Å²) in [6, 6.07) is 6.26. The van der Waals surface area contributed by atoms with E-state index in [1.165, 1.54) is 0 Å². The molecule has 0 bridgehead atoms. The molecule has 18 heavy (non-hydrogen) atoms. The average molecular weight is 258 g/mol. The van der Waals surface area contributed by atoms with Gasteiger partial charge in [-0.2, -0.15) is 5.10 Å². The van der Waals surface area contributed by atoms with Crippen LogP contribution in [0.2, 0.25) is 0 Å². The van der Waals surface area contributed by atoms with Gasteiger partial charge in [0.25, 0.3) is 0 Å². The molecule has 2 aromatic heterocycles. The van der Waals surface area contributed by atoms with E-state index in [0.717, 1.165) is 33.1 Å². The second kappa shape index (κ2) is 4.49. The minimum Gasteiger partial charge on any atom is -0.333 e. The molecule has 0 saturated heterocycles. The quantitative estimate of drug-likeness (QED) is 0.734. The lowest BCUT2D eigenvalue weighted by Crippen LogP contribution is -1.84. The van der Waals surface area contributed by atoms with Gasteiger partial charge in [0, 0.05) is 18.8 Å². The van der Waals surface area contributed by atoms with Crippen molar-refractivity contribution in [1.29, 1.82) is 0 Å². The van der Waals surface area contributed by atoms with Crippen LogP contribution in [0.4, 0.5) is 0 Å². The number of nitrogens with zero attached hydrogens (tertiary/aromatic N) is 3. The van der Waals surface area contributed by atoms with E-state index in [0.29, 0.717) is 0 Å². The van der Waals surface area contributed by atoms with Crippen LogP contribution in [-0.4, -0.2) is 25.5 Å². The first-order chi connectivity index (χ1) is 8.76. The summed E-state index contributed by atoms with van der Waals surface area (Å²) in [6.07, 6.45) is 3.89. The molecule has 0 radical (unpaired) electrons. The molecule has 1 N–H and O–H groups in total. The largest absolute Gasteiger partial charge is 0.333 e. The SMILES string of the molecule is CCSc1nc2ccc(-c3cnn(C)c3)cc2[nH]1. The van der Waals surface area contributed by atoms with Gasteiger partial charge in [0.1, 0.15) is 0 Å². The summed E-state index contributed by atoms with van der Waals surface area (Å²) in [6.45, 7) is 2.12. The molecular formula is C13H14N4S. The second-order valence-electron chi connectivity index (χ2n) is 4.11. The van der Waals surface area contributed by atoms with Gasteiger partial charge in [-0.25, -0.2) is 4.98 Å². The molecule has 4 nitrogen and oxygen atoms in total. The number of aromatic amines is 1. The normalized spacial score (nSPS) is 11.2. The Kier molecular flexibility index (Phi) is 2.83. The highest BCUT2D eigenvalue weighted by Gasteiger charge is 2.05. The summed E-state index contributed by atoms with van der Waals surface area (Å²) in [4.78, 5) is 7.87. The van der Waals surface area contributed by atoms with Crippen LogP contribution < -0.4 is 0 Å². The Morgan fingerprint density at radius 2 is 2.22 bits per heavy atom. The topological polar surface area (TPSA) is 46.5 Å². The molecule has 0 atom stereocenters. The van der Waals surface area contributed by atoms with E-state index in [4.69, 9.17) is 0 Å². The molecule has 0 aliphatic carbocycles. The Balaban J connectivity index is 2.05. The summed E-state index contributed by atoms with van der Waals surface area (Å²) >= 11 is 1.72. The number of H-pyrrole nitrogens is 1. The summed E-state index contributed by atoms with van der Waals surface area (Å²) in [5.74, 6) is 1.02. The Labute approximate surface area is 109 Å². The summed E-state index contributed by atoms with van der Waals surface area (Å²) in [5, 5.41) is 5.18. The van der Waals surface area contributed by atoms with E-state index in [-0.39, 0.29) is 0 Å². The van der Waals surface area contributed by atoms with Gasteiger partial charge in [0.05, 0.1) is 17.2 Å². The first kappa shape index (κ1) is 11.3. The zero-order valence-corrected chi connectivity index (χ0v) is 11.2. The highest BCUT2D eigenvalue weighted by molar-refractivity contribution is 7.99. The monoisotopic (exact) mass is 258 g/mol. The van der Waals surface area contributed by atoms with E-state index in [1.807, 2.05) is 30.2 Å². The lowest BCUT2D eigenvalue weighted by atomic mass is 10.1. The number of nitrogens with one attached hydrogen (secondary N) is 1. The number of aromatic nitrogens is 4. The van der Waals surface area contributed by atoms with E-state index in [1.54, 1.807) is 11.8 Å². The third-order valence-electron chi connectivity index (χ3n) is 2.78. The highest BCUT2D eigenvalue weighted by atomic mass is 32.2. The molecular weight excluding hydrogens is 244 g/mol. The van der Waals surface area contributed by atoms with Crippen molar-refractivity contribution in [3.8, 4) is 11.1 Å². The van der Waals surface area contributed by atoms with Crippen molar-refractivity contribution in [2.75, 3.05) is 5.75 Å². The summed E-state index contributed by atoms with van der Waals surface area (Å²) in [5.41, 5.74) is 4.37. The Hall–Kier alpha value is -1.75. The third-order valence-corrected chi connectivity index (χ3v) is 3.53. The van der Waals surface area contributed by atoms with E-state index in [2.05, 4.69) is 34.1 Å². The Morgan fingerprint density at radius 1 is 1.33 bits per heavy atom. The number of benzene rings is 1. The van der Waals surface area contributed by atoms with Gasteiger partial charge in [0.15, 0.2) is 5.16 Å². The van der Waals surface area contributed by atoms with Gasteiger partial charge in [-0.05, 0) is 23.4 Å².